The fraction of sp³-hybridized carbons (Fsp3) is 0.231. The fourth-order valence-electron chi connectivity index (χ4n) is 1.72. The van der Waals surface area contributed by atoms with E-state index in [1.54, 1.807) is 23.5 Å². The Hall–Kier alpha value is -0.840. The van der Waals surface area contributed by atoms with E-state index in [2.05, 4.69) is 32.7 Å². The molecule has 0 radical (unpaired) electrons. The SMILES string of the molecule is CNC(Cc1ccc(O)cc1)c1cc(Br)cs1. The first kappa shape index (κ1) is 12.6. The number of rotatable bonds is 4. The number of hydrogen-bond acceptors (Lipinski definition) is 3. The molecule has 1 unspecified atom stereocenters. The number of benzene rings is 1. The van der Waals surface area contributed by atoms with Crippen molar-refractivity contribution in [2.45, 2.75) is 12.5 Å². The Morgan fingerprint density at radius 2 is 2.06 bits per heavy atom. The largest absolute Gasteiger partial charge is 0.508 e. The molecule has 2 nitrogen and oxygen atoms in total. The highest BCUT2D eigenvalue weighted by Gasteiger charge is 2.12. The molecule has 0 saturated carbocycles. The second-order valence-electron chi connectivity index (χ2n) is 3.88. The summed E-state index contributed by atoms with van der Waals surface area (Å²) in [5.41, 5.74) is 1.21. The Morgan fingerprint density at radius 3 is 2.59 bits per heavy atom. The molecule has 1 heterocycles. The van der Waals surface area contributed by atoms with Crippen molar-refractivity contribution in [2.24, 2.45) is 0 Å². The van der Waals surface area contributed by atoms with Crippen LogP contribution in [0.1, 0.15) is 16.5 Å². The number of phenolic OH excluding ortho intramolecular Hbond substituents is 1. The summed E-state index contributed by atoms with van der Waals surface area (Å²) in [4.78, 5) is 1.31. The van der Waals surface area contributed by atoms with E-state index in [0.29, 0.717) is 11.8 Å². The second-order valence-corrected chi connectivity index (χ2v) is 5.74. The van der Waals surface area contributed by atoms with Gasteiger partial charge in [0.25, 0.3) is 0 Å². The highest BCUT2D eigenvalue weighted by atomic mass is 79.9. The zero-order chi connectivity index (χ0) is 12.3. The van der Waals surface area contributed by atoms with E-state index >= 15 is 0 Å². The van der Waals surface area contributed by atoms with E-state index in [4.69, 9.17) is 0 Å². The Kier molecular flexibility index (Phi) is 4.20. The monoisotopic (exact) mass is 311 g/mol. The summed E-state index contributed by atoms with van der Waals surface area (Å²) in [7, 11) is 1.97. The molecule has 17 heavy (non-hydrogen) atoms. The molecule has 0 spiro atoms. The van der Waals surface area contributed by atoms with Crippen LogP contribution < -0.4 is 5.32 Å². The number of thiophene rings is 1. The molecule has 2 aromatic rings. The summed E-state index contributed by atoms with van der Waals surface area (Å²) in [6.45, 7) is 0. The molecular weight excluding hydrogens is 298 g/mol. The smallest absolute Gasteiger partial charge is 0.115 e. The predicted octanol–water partition coefficient (Wildman–Crippen LogP) is 3.72. The van der Waals surface area contributed by atoms with Crippen molar-refractivity contribution < 1.29 is 5.11 Å². The third-order valence-electron chi connectivity index (χ3n) is 2.66. The lowest BCUT2D eigenvalue weighted by Crippen LogP contribution is -2.17. The van der Waals surface area contributed by atoms with Crippen LogP contribution in [0, 0.1) is 0 Å². The van der Waals surface area contributed by atoms with Crippen LogP contribution in [0.3, 0.4) is 0 Å². The molecule has 90 valence electrons. The lowest BCUT2D eigenvalue weighted by molar-refractivity contribution is 0.475. The van der Waals surface area contributed by atoms with E-state index in [1.165, 1.54) is 10.4 Å². The van der Waals surface area contributed by atoms with Gasteiger partial charge in [0.2, 0.25) is 0 Å². The topological polar surface area (TPSA) is 32.3 Å². The van der Waals surface area contributed by atoms with Gasteiger partial charge in [0.15, 0.2) is 0 Å². The minimum Gasteiger partial charge on any atom is -0.508 e. The Bertz CT molecular complexity index is 480. The molecular formula is C13H14BrNOS. The average molecular weight is 312 g/mol. The molecule has 0 aliphatic rings. The molecule has 0 amide bonds. The molecule has 2 N–H and O–H groups in total. The van der Waals surface area contributed by atoms with Gasteiger partial charge < -0.3 is 10.4 Å². The highest BCUT2D eigenvalue weighted by Crippen LogP contribution is 2.28. The van der Waals surface area contributed by atoms with Gasteiger partial charge in [0.05, 0.1) is 0 Å². The second kappa shape index (κ2) is 5.67. The van der Waals surface area contributed by atoms with Crippen molar-refractivity contribution in [2.75, 3.05) is 7.05 Å². The molecule has 1 aromatic carbocycles. The van der Waals surface area contributed by atoms with Crippen molar-refractivity contribution in [3.05, 3.63) is 50.6 Å². The van der Waals surface area contributed by atoms with Crippen molar-refractivity contribution in [1.29, 1.82) is 0 Å². The van der Waals surface area contributed by atoms with Crippen molar-refractivity contribution in [3.63, 3.8) is 0 Å². The van der Waals surface area contributed by atoms with E-state index < -0.39 is 0 Å². The predicted molar refractivity (Wildman–Crippen MR) is 75.6 cm³/mol. The third-order valence-corrected chi connectivity index (χ3v) is 4.46. The van der Waals surface area contributed by atoms with Gasteiger partial charge in [0, 0.05) is 20.8 Å². The number of nitrogens with one attached hydrogen (secondary N) is 1. The van der Waals surface area contributed by atoms with Crippen LogP contribution in [0.25, 0.3) is 0 Å². The minimum atomic E-state index is 0.314. The van der Waals surface area contributed by atoms with E-state index in [-0.39, 0.29) is 0 Å². The van der Waals surface area contributed by atoms with Crippen LogP contribution in [0.5, 0.6) is 5.75 Å². The summed E-state index contributed by atoms with van der Waals surface area (Å²) in [5, 5.41) is 14.7. The van der Waals surface area contributed by atoms with Crippen LogP contribution in [0.15, 0.2) is 40.2 Å². The summed E-state index contributed by atoms with van der Waals surface area (Å²) in [6.07, 6.45) is 0.920. The summed E-state index contributed by atoms with van der Waals surface area (Å²) in [6, 6.07) is 9.84. The first-order valence-corrected chi connectivity index (χ1v) is 7.05. The first-order chi connectivity index (χ1) is 8.19. The van der Waals surface area contributed by atoms with Crippen LogP contribution >= 0.6 is 27.3 Å². The fourth-order valence-corrected chi connectivity index (χ4v) is 3.28. The summed E-state index contributed by atoms with van der Waals surface area (Å²) >= 11 is 5.22. The number of phenols is 1. The minimum absolute atomic E-state index is 0.314. The van der Waals surface area contributed by atoms with Gasteiger partial charge >= 0.3 is 0 Å². The van der Waals surface area contributed by atoms with Gasteiger partial charge in [-0.3, -0.25) is 0 Å². The van der Waals surface area contributed by atoms with Gasteiger partial charge in [-0.15, -0.1) is 11.3 Å². The molecule has 0 aliphatic heterocycles. The zero-order valence-electron chi connectivity index (χ0n) is 9.48. The maximum atomic E-state index is 9.25. The molecule has 0 bridgehead atoms. The number of halogens is 1. The Morgan fingerprint density at radius 1 is 1.35 bits per heavy atom. The van der Waals surface area contributed by atoms with Gasteiger partial charge in [-0.2, -0.15) is 0 Å². The zero-order valence-corrected chi connectivity index (χ0v) is 11.9. The van der Waals surface area contributed by atoms with Crippen molar-refractivity contribution >= 4 is 27.3 Å². The van der Waals surface area contributed by atoms with Gasteiger partial charge in [0.1, 0.15) is 5.75 Å². The van der Waals surface area contributed by atoms with Crippen LogP contribution in [-0.4, -0.2) is 12.2 Å². The van der Waals surface area contributed by atoms with Gasteiger partial charge in [-0.1, -0.05) is 12.1 Å². The molecule has 1 aromatic heterocycles. The lowest BCUT2D eigenvalue weighted by Gasteiger charge is -2.14. The quantitative estimate of drug-likeness (QED) is 0.902. The summed E-state index contributed by atoms with van der Waals surface area (Å²) in [5.74, 6) is 0.314. The average Bonchev–Trinajstić information content (AvgIpc) is 2.75. The van der Waals surface area contributed by atoms with Crippen LogP contribution in [0.4, 0.5) is 0 Å². The van der Waals surface area contributed by atoms with E-state index in [0.717, 1.165) is 10.9 Å². The molecule has 1 atom stereocenters. The Labute approximate surface area is 113 Å². The normalized spacial score (nSPS) is 12.6. The van der Waals surface area contributed by atoms with Crippen molar-refractivity contribution in [1.82, 2.24) is 5.32 Å². The summed E-state index contributed by atoms with van der Waals surface area (Å²) < 4.78 is 1.13. The van der Waals surface area contributed by atoms with E-state index in [1.807, 2.05) is 19.2 Å². The number of aromatic hydroxyl groups is 1. The number of hydrogen-bond donors (Lipinski definition) is 2. The van der Waals surface area contributed by atoms with Gasteiger partial charge in [-0.25, -0.2) is 0 Å². The first-order valence-electron chi connectivity index (χ1n) is 5.38. The van der Waals surface area contributed by atoms with Crippen LogP contribution in [-0.2, 0) is 6.42 Å². The molecule has 0 saturated heterocycles. The maximum Gasteiger partial charge on any atom is 0.115 e. The molecule has 2 rings (SSSR count). The molecule has 4 heteroatoms. The molecule has 0 fully saturated rings. The van der Waals surface area contributed by atoms with Crippen molar-refractivity contribution in [3.8, 4) is 5.75 Å². The lowest BCUT2D eigenvalue weighted by atomic mass is 10.0. The number of likely N-dealkylation sites (N-methyl/N-ethyl adjacent to an activating group) is 1. The molecule has 0 aliphatic carbocycles. The maximum absolute atomic E-state index is 9.25. The standard InChI is InChI=1S/C13H14BrNOS/c1-15-12(13-7-10(14)8-17-13)6-9-2-4-11(16)5-3-9/h2-5,7-8,12,15-16H,6H2,1H3. The van der Waals surface area contributed by atoms with Crippen LogP contribution in [0.2, 0.25) is 0 Å². The third kappa shape index (κ3) is 3.31. The Balaban J connectivity index is 2.12. The highest BCUT2D eigenvalue weighted by molar-refractivity contribution is 9.10. The van der Waals surface area contributed by atoms with Gasteiger partial charge in [-0.05, 0) is 53.2 Å². The van der Waals surface area contributed by atoms with E-state index in [9.17, 15) is 5.11 Å².